The van der Waals surface area contributed by atoms with Gasteiger partial charge < -0.3 is 5.11 Å². The number of rotatable bonds is 3. The molecule has 0 bridgehead atoms. The van der Waals surface area contributed by atoms with E-state index in [4.69, 9.17) is 0 Å². The fraction of sp³-hybridized carbons (Fsp3) is 0.357. The minimum atomic E-state index is -0.765. The molecule has 1 aliphatic carbocycles. The van der Waals surface area contributed by atoms with Gasteiger partial charge in [-0.1, -0.05) is 18.2 Å². The first-order valence-electron chi connectivity index (χ1n) is 5.77. The number of benzene rings is 1. The zero-order valence-electron chi connectivity index (χ0n) is 9.85. The predicted octanol–water partition coefficient (Wildman–Crippen LogP) is 3.12. The van der Waals surface area contributed by atoms with Gasteiger partial charge in [0, 0.05) is 16.9 Å². The Bertz CT molecular complexity index is 434. The highest BCUT2D eigenvalue weighted by molar-refractivity contribution is 7.98. The van der Waals surface area contributed by atoms with Gasteiger partial charge in [-0.3, -0.25) is 4.79 Å². The molecule has 0 aromatic heterocycles. The fourth-order valence-corrected chi connectivity index (χ4v) is 2.42. The zero-order valence-corrected chi connectivity index (χ0v) is 10.7. The van der Waals surface area contributed by atoms with E-state index in [0.29, 0.717) is 12.0 Å². The third kappa shape index (κ3) is 2.79. The van der Waals surface area contributed by atoms with Gasteiger partial charge in [-0.05, 0) is 36.8 Å². The van der Waals surface area contributed by atoms with E-state index in [1.165, 1.54) is 0 Å². The second-order valence-corrected chi connectivity index (χ2v) is 5.03. The summed E-state index contributed by atoms with van der Waals surface area (Å²) in [5, 5.41) is 10.2. The van der Waals surface area contributed by atoms with Crippen LogP contribution in [0, 0.1) is 0 Å². The highest BCUT2D eigenvalue weighted by Gasteiger charge is 2.22. The van der Waals surface area contributed by atoms with Crippen LogP contribution in [0.2, 0.25) is 0 Å². The van der Waals surface area contributed by atoms with Crippen LogP contribution in [0.3, 0.4) is 0 Å². The van der Waals surface area contributed by atoms with Crippen LogP contribution >= 0.6 is 11.8 Å². The molecule has 1 aliphatic rings. The highest BCUT2D eigenvalue weighted by Crippen LogP contribution is 2.28. The van der Waals surface area contributed by atoms with Gasteiger partial charge in [0.25, 0.3) is 0 Å². The van der Waals surface area contributed by atoms with Gasteiger partial charge in [0.2, 0.25) is 0 Å². The van der Waals surface area contributed by atoms with E-state index in [2.05, 4.69) is 0 Å². The van der Waals surface area contributed by atoms with Crippen LogP contribution in [-0.4, -0.2) is 17.1 Å². The number of Topliss-reactive ketones (excluding diaryl/α,β-unsaturated/α-hetero) is 1. The summed E-state index contributed by atoms with van der Waals surface area (Å²) in [4.78, 5) is 12.9. The molecule has 90 valence electrons. The van der Waals surface area contributed by atoms with Crippen LogP contribution in [0.25, 0.3) is 0 Å². The Kier molecular flexibility index (Phi) is 4.02. The molecule has 3 heteroatoms. The standard InChI is InChI=1S/C14H16O2S/c1-17-11-8-6-10(7-9-11)14(16)12-4-2-3-5-13(12)15/h4,6-9,14,16H,2-3,5H2,1H3. The number of thioether (sulfide) groups is 1. The molecule has 2 rings (SSSR count). The SMILES string of the molecule is CSc1ccc(C(O)C2=CCCCC2=O)cc1. The van der Waals surface area contributed by atoms with Crippen molar-refractivity contribution < 1.29 is 9.90 Å². The molecular formula is C14H16O2S. The van der Waals surface area contributed by atoms with Crippen molar-refractivity contribution in [2.45, 2.75) is 30.3 Å². The normalized spacial score (nSPS) is 17.8. The average molecular weight is 248 g/mol. The Morgan fingerprint density at radius 3 is 2.59 bits per heavy atom. The lowest BCUT2D eigenvalue weighted by molar-refractivity contribution is -0.117. The second kappa shape index (κ2) is 5.52. The first-order valence-corrected chi connectivity index (χ1v) is 7.00. The van der Waals surface area contributed by atoms with Gasteiger partial charge in [-0.2, -0.15) is 0 Å². The van der Waals surface area contributed by atoms with Crippen LogP contribution in [0.5, 0.6) is 0 Å². The van der Waals surface area contributed by atoms with E-state index in [0.717, 1.165) is 23.3 Å². The maximum absolute atomic E-state index is 11.7. The first-order chi connectivity index (χ1) is 8.22. The van der Waals surface area contributed by atoms with Crippen LogP contribution in [0.4, 0.5) is 0 Å². The smallest absolute Gasteiger partial charge is 0.161 e. The van der Waals surface area contributed by atoms with E-state index >= 15 is 0 Å². The van der Waals surface area contributed by atoms with Gasteiger partial charge in [0.05, 0.1) is 0 Å². The fourth-order valence-electron chi connectivity index (χ4n) is 2.01. The highest BCUT2D eigenvalue weighted by atomic mass is 32.2. The second-order valence-electron chi connectivity index (χ2n) is 4.15. The zero-order chi connectivity index (χ0) is 12.3. The van der Waals surface area contributed by atoms with Crippen LogP contribution < -0.4 is 0 Å². The Labute approximate surface area is 106 Å². The predicted molar refractivity (Wildman–Crippen MR) is 70.1 cm³/mol. The largest absolute Gasteiger partial charge is 0.384 e. The first kappa shape index (κ1) is 12.4. The number of carbonyl (C=O) groups is 1. The van der Waals surface area contributed by atoms with Gasteiger partial charge in [0.15, 0.2) is 5.78 Å². The van der Waals surface area contributed by atoms with Crippen molar-refractivity contribution in [1.82, 2.24) is 0 Å². The molecule has 2 nitrogen and oxygen atoms in total. The Morgan fingerprint density at radius 2 is 2.00 bits per heavy atom. The Morgan fingerprint density at radius 1 is 1.29 bits per heavy atom. The lowest BCUT2D eigenvalue weighted by atomic mass is 9.91. The molecule has 0 aliphatic heterocycles. The average Bonchev–Trinajstić information content (AvgIpc) is 2.39. The number of hydrogen-bond donors (Lipinski definition) is 1. The summed E-state index contributed by atoms with van der Waals surface area (Å²) in [6, 6.07) is 7.71. The molecule has 17 heavy (non-hydrogen) atoms. The molecule has 1 aromatic rings. The number of allylic oxidation sites excluding steroid dienone is 1. The number of aliphatic hydroxyl groups excluding tert-OH is 1. The Balaban J connectivity index is 2.21. The molecule has 1 aromatic carbocycles. The molecule has 0 radical (unpaired) electrons. The third-order valence-electron chi connectivity index (χ3n) is 3.02. The maximum Gasteiger partial charge on any atom is 0.161 e. The summed E-state index contributed by atoms with van der Waals surface area (Å²) < 4.78 is 0. The van der Waals surface area contributed by atoms with Gasteiger partial charge in [-0.25, -0.2) is 0 Å². The third-order valence-corrected chi connectivity index (χ3v) is 3.76. The molecule has 0 saturated carbocycles. The van der Waals surface area contributed by atoms with Crippen molar-refractivity contribution in [1.29, 1.82) is 0 Å². The maximum atomic E-state index is 11.7. The lowest BCUT2D eigenvalue weighted by Crippen LogP contribution is -2.14. The van der Waals surface area contributed by atoms with Crippen molar-refractivity contribution in [3.63, 3.8) is 0 Å². The molecule has 1 N–H and O–H groups in total. The van der Waals surface area contributed by atoms with Gasteiger partial charge in [-0.15, -0.1) is 11.8 Å². The minimum Gasteiger partial charge on any atom is -0.384 e. The molecule has 1 unspecified atom stereocenters. The molecule has 0 fully saturated rings. The van der Waals surface area contributed by atoms with Crippen LogP contribution in [-0.2, 0) is 4.79 Å². The molecule has 1 atom stereocenters. The van der Waals surface area contributed by atoms with Crippen molar-refractivity contribution in [2.75, 3.05) is 6.26 Å². The van der Waals surface area contributed by atoms with Crippen LogP contribution in [0.1, 0.15) is 30.9 Å². The minimum absolute atomic E-state index is 0.0812. The summed E-state index contributed by atoms with van der Waals surface area (Å²) in [6.07, 6.45) is 5.48. The molecule has 0 heterocycles. The van der Waals surface area contributed by atoms with E-state index in [9.17, 15) is 9.90 Å². The summed E-state index contributed by atoms with van der Waals surface area (Å²) in [7, 11) is 0. The topological polar surface area (TPSA) is 37.3 Å². The van der Waals surface area contributed by atoms with E-state index in [1.54, 1.807) is 11.8 Å². The number of ketones is 1. The van der Waals surface area contributed by atoms with Crippen molar-refractivity contribution >= 4 is 17.5 Å². The van der Waals surface area contributed by atoms with Crippen molar-refractivity contribution in [3.8, 4) is 0 Å². The summed E-state index contributed by atoms with van der Waals surface area (Å²) >= 11 is 1.66. The number of aliphatic hydroxyl groups is 1. The van der Waals surface area contributed by atoms with E-state index < -0.39 is 6.10 Å². The quantitative estimate of drug-likeness (QED) is 0.835. The van der Waals surface area contributed by atoms with Crippen LogP contribution in [0.15, 0.2) is 40.8 Å². The summed E-state index contributed by atoms with van der Waals surface area (Å²) in [5.74, 6) is 0.0812. The summed E-state index contributed by atoms with van der Waals surface area (Å²) in [5.41, 5.74) is 1.36. The molecule has 0 amide bonds. The Hall–Kier alpha value is -1.06. The number of carbonyl (C=O) groups excluding carboxylic acids is 1. The van der Waals surface area contributed by atoms with Gasteiger partial charge in [0.1, 0.15) is 6.10 Å². The molecular weight excluding hydrogens is 232 g/mol. The van der Waals surface area contributed by atoms with E-state index in [-0.39, 0.29) is 5.78 Å². The van der Waals surface area contributed by atoms with E-state index in [1.807, 2.05) is 36.6 Å². The number of hydrogen-bond acceptors (Lipinski definition) is 3. The molecule has 0 spiro atoms. The monoisotopic (exact) mass is 248 g/mol. The van der Waals surface area contributed by atoms with Crippen molar-refractivity contribution in [2.24, 2.45) is 0 Å². The van der Waals surface area contributed by atoms with Crippen molar-refractivity contribution in [3.05, 3.63) is 41.5 Å². The molecule has 0 saturated heterocycles. The van der Waals surface area contributed by atoms with Gasteiger partial charge >= 0.3 is 0 Å². The summed E-state index contributed by atoms with van der Waals surface area (Å²) in [6.45, 7) is 0. The lowest BCUT2D eigenvalue weighted by Gasteiger charge is -2.18.